The van der Waals surface area contributed by atoms with E-state index in [9.17, 15) is 17.6 Å². The Balaban J connectivity index is 1.73. The molecule has 0 saturated carbocycles. The second kappa shape index (κ2) is 9.27. The highest BCUT2D eigenvalue weighted by atomic mass is 79.9. The van der Waals surface area contributed by atoms with Gasteiger partial charge in [0.1, 0.15) is 11.6 Å². The normalized spacial score (nSPS) is 11.0. The predicted octanol–water partition coefficient (Wildman–Crippen LogP) is 4.33. The van der Waals surface area contributed by atoms with Crippen LogP contribution in [-0.4, -0.2) is 21.4 Å². The summed E-state index contributed by atoms with van der Waals surface area (Å²) >= 11 is 3.25. The second-order valence-corrected chi connectivity index (χ2v) is 8.88. The van der Waals surface area contributed by atoms with Crippen LogP contribution in [0.2, 0.25) is 0 Å². The number of hydrogen-bond donors (Lipinski definition) is 2. The SMILES string of the molecule is COc1ccc(NS(=O)(=O)c2cccc(C(=O)NCc3cc(Br)ccc3F)c2)cc1. The number of ether oxygens (including phenoxy) is 1. The number of sulfonamides is 1. The lowest BCUT2D eigenvalue weighted by atomic mass is 10.2. The zero-order valence-electron chi connectivity index (χ0n) is 15.9. The third-order valence-electron chi connectivity index (χ3n) is 4.20. The number of carbonyl (C=O) groups excluding carboxylic acids is 1. The average Bonchev–Trinajstić information content (AvgIpc) is 2.74. The molecule has 30 heavy (non-hydrogen) atoms. The van der Waals surface area contributed by atoms with Crippen molar-refractivity contribution in [3.63, 3.8) is 0 Å². The van der Waals surface area contributed by atoms with Crippen molar-refractivity contribution < 1.29 is 22.3 Å². The Morgan fingerprint density at radius 3 is 2.50 bits per heavy atom. The Labute approximate surface area is 182 Å². The van der Waals surface area contributed by atoms with Gasteiger partial charge in [-0.05, 0) is 60.7 Å². The molecule has 0 heterocycles. The van der Waals surface area contributed by atoms with Crippen molar-refractivity contribution >= 4 is 37.5 Å². The highest BCUT2D eigenvalue weighted by Gasteiger charge is 2.17. The minimum absolute atomic E-state index is 0.0365. The van der Waals surface area contributed by atoms with Gasteiger partial charge >= 0.3 is 0 Å². The Morgan fingerprint density at radius 2 is 1.80 bits per heavy atom. The molecule has 156 valence electrons. The van der Waals surface area contributed by atoms with Crippen molar-refractivity contribution in [2.75, 3.05) is 11.8 Å². The van der Waals surface area contributed by atoms with Gasteiger partial charge < -0.3 is 10.1 Å². The number of anilines is 1. The van der Waals surface area contributed by atoms with E-state index in [1.54, 1.807) is 36.4 Å². The van der Waals surface area contributed by atoms with Crippen molar-refractivity contribution in [3.8, 4) is 5.75 Å². The van der Waals surface area contributed by atoms with Crippen LogP contribution in [0.1, 0.15) is 15.9 Å². The summed E-state index contributed by atoms with van der Waals surface area (Å²) in [6, 6.07) is 16.4. The van der Waals surface area contributed by atoms with E-state index in [1.807, 2.05) is 0 Å². The van der Waals surface area contributed by atoms with Gasteiger partial charge in [0.15, 0.2) is 0 Å². The molecule has 6 nitrogen and oxygen atoms in total. The molecule has 0 saturated heterocycles. The fraction of sp³-hybridized carbons (Fsp3) is 0.0952. The van der Waals surface area contributed by atoms with E-state index in [2.05, 4.69) is 26.0 Å². The van der Waals surface area contributed by atoms with Crippen LogP contribution in [0, 0.1) is 5.82 Å². The van der Waals surface area contributed by atoms with Crippen molar-refractivity contribution in [1.82, 2.24) is 5.32 Å². The number of benzene rings is 3. The minimum atomic E-state index is -3.91. The monoisotopic (exact) mass is 492 g/mol. The zero-order valence-corrected chi connectivity index (χ0v) is 18.3. The summed E-state index contributed by atoms with van der Waals surface area (Å²) in [5.74, 6) is -0.368. The van der Waals surface area contributed by atoms with E-state index in [4.69, 9.17) is 4.74 Å². The molecule has 0 aliphatic heterocycles. The van der Waals surface area contributed by atoms with Gasteiger partial charge in [-0.1, -0.05) is 22.0 Å². The van der Waals surface area contributed by atoms with E-state index in [0.29, 0.717) is 21.5 Å². The van der Waals surface area contributed by atoms with Crippen LogP contribution >= 0.6 is 15.9 Å². The van der Waals surface area contributed by atoms with E-state index >= 15 is 0 Å². The first-order valence-corrected chi connectivity index (χ1v) is 11.1. The molecule has 0 radical (unpaired) electrons. The molecule has 1 amide bonds. The Bertz CT molecular complexity index is 1170. The number of halogens is 2. The number of nitrogens with one attached hydrogen (secondary N) is 2. The summed E-state index contributed by atoms with van der Waals surface area (Å²) in [5, 5.41) is 2.60. The minimum Gasteiger partial charge on any atom is -0.497 e. The van der Waals surface area contributed by atoms with Crippen LogP contribution in [0.4, 0.5) is 10.1 Å². The fourth-order valence-corrected chi connectivity index (χ4v) is 4.15. The predicted molar refractivity (Wildman–Crippen MR) is 116 cm³/mol. The molecule has 0 atom stereocenters. The van der Waals surface area contributed by atoms with Gasteiger partial charge in [-0.15, -0.1) is 0 Å². The molecule has 3 aromatic rings. The molecule has 3 rings (SSSR count). The molecule has 0 unspecified atom stereocenters. The molecular weight excluding hydrogens is 475 g/mol. The molecule has 0 spiro atoms. The maximum absolute atomic E-state index is 13.8. The van der Waals surface area contributed by atoms with Crippen LogP contribution in [0.15, 0.2) is 76.1 Å². The number of amides is 1. The van der Waals surface area contributed by atoms with Crippen molar-refractivity contribution in [1.29, 1.82) is 0 Å². The van der Waals surface area contributed by atoms with Gasteiger partial charge in [0.2, 0.25) is 0 Å². The molecule has 0 aliphatic rings. The van der Waals surface area contributed by atoms with Crippen LogP contribution in [0.5, 0.6) is 5.75 Å². The second-order valence-electron chi connectivity index (χ2n) is 6.28. The fourth-order valence-electron chi connectivity index (χ4n) is 2.63. The smallest absolute Gasteiger partial charge is 0.261 e. The van der Waals surface area contributed by atoms with Crippen molar-refractivity contribution in [2.45, 2.75) is 11.4 Å². The van der Waals surface area contributed by atoms with Gasteiger partial charge in [-0.3, -0.25) is 9.52 Å². The summed E-state index contributed by atoms with van der Waals surface area (Å²) in [6.45, 7) is -0.0365. The highest BCUT2D eigenvalue weighted by Crippen LogP contribution is 2.20. The van der Waals surface area contributed by atoms with E-state index in [1.165, 1.54) is 37.4 Å². The maximum Gasteiger partial charge on any atom is 0.261 e. The van der Waals surface area contributed by atoms with E-state index in [0.717, 1.165) is 0 Å². The quantitative estimate of drug-likeness (QED) is 0.514. The van der Waals surface area contributed by atoms with Crippen LogP contribution in [-0.2, 0) is 16.6 Å². The third-order valence-corrected chi connectivity index (χ3v) is 6.07. The number of methoxy groups -OCH3 is 1. The molecule has 3 aromatic carbocycles. The van der Waals surface area contributed by atoms with Crippen LogP contribution < -0.4 is 14.8 Å². The Hall–Kier alpha value is -2.91. The van der Waals surface area contributed by atoms with Gasteiger partial charge in [0.05, 0.1) is 12.0 Å². The first-order chi connectivity index (χ1) is 14.3. The largest absolute Gasteiger partial charge is 0.497 e. The van der Waals surface area contributed by atoms with Gasteiger partial charge in [0.25, 0.3) is 15.9 Å². The molecule has 0 bridgehead atoms. The van der Waals surface area contributed by atoms with Crippen molar-refractivity contribution in [2.24, 2.45) is 0 Å². The summed E-state index contributed by atoms with van der Waals surface area (Å²) in [7, 11) is -2.39. The third kappa shape index (κ3) is 5.37. The first-order valence-electron chi connectivity index (χ1n) is 8.77. The molecule has 0 fully saturated rings. The van der Waals surface area contributed by atoms with Crippen LogP contribution in [0.3, 0.4) is 0 Å². The first kappa shape index (κ1) is 21.8. The number of hydrogen-bond acceptors (Lipinski definition) is 4. The van der Waals surface area contributed by atoms with Crippen LogP contribution in [0.25, 0.3) is 0 Å². The lowest BCUT2D eigenvalue weighted by Gasteiger charge is -2.11. The summed E-state index contributed by atoms with van der Waals surface area (Å²) in [5.41, 5.74) is 0.807. The summed E-state index contributed by atoms with van der Waals surface area (Å²) < 4.78 is 47.3. The van der Waals surface area contributed by atoms with E-state index < -0.39 is 21.7 Å². The highest BCUT2D eigenvalue weighted by molar-refractivity contribution is 9.10. The Kier molecular flexibility index (Phi) is 6.73. The average molecular weight is 493 g/mol. The van der Waals surface area contributed by atoms with E-state index in [-0.39, 0.29) is 17.0 Å². The topological polar surface area (TPSA) is 84.5 Å². The lowest BCUT2D eigenvalue weighted by Crippen LogP contribution is -2.24. The van der Waals surface area contributed by atoms with Crippen molar-refractivity contribution in [3.05, 3.63) is 88.1 Å². The maximum atomic E-state index is 13.8. The molecular formula is C21H18BrFN2O4S. The zero-order chi connectivity index (χ0) is 21.7. The van der Waals surface area contributed by atoms with Gasteiger partial charge in [0, 0.05) is 27.8 Å². The molecule has 0 aromatic heterocycles. The molecule has 0 aliphatic carbocycles. The summed E-state index contributed by atoms with van der Waals surface area (Å²) in [4.78, 5) is 12.4. The number of rotatable bonds is 7. The lowest BCUT2D eigenvalue weighted by molar-refractivity contribution is 0.0950. The number of carbonyl (C=O) groups is 1. The Morgan fingerprint density at radius 1 is 1.07 bits per heavy atom. The van der Waals surface area contributed by atoms with Gasteiger partial charge in [-0.2, -0.15) is 0 Å². The van der Waals surface area contributed by atoms with Gasteiger partial charge in [-0.25, -0.2) is 12.8 Å². The molecule has 2 N–H and O–H groups in total. The standard InChI is InChI=1S/C21H18BrFN2O4S/c1-29-18-8-6-17(7-9-18)25-30(27,28)19-4-2-3-14(12-19)21(26)24-13-15-11-16(22)5-10-20(15)23/h2-12,25H,13H2,1H3,(H,24,26). The summed E-state index contributed by atoms with van der Waals surface area (Å²) in [6.07, 6.45) is 0. The molecule has 9 heteroatoms.